The average Bonchev–Trinajstić information content (AvgIpc) is 2.37. The molecule has 0 spiro atoms. The molecule has 0 saturated heterocycles. The highest BCUT2D eigenvalue weighted by atomic mass is 16.5. The Kier molecular flexibility index (Phi) is 6.99. The van der Waals surface area contributed by atoms with Crippen LogP contribution in [0.25, 0.3) is 0 Å². The Morgan fingerprint density at radius 2 is 1.72 bits per heavy atom. The molecule has 0 radical (unpaired) electrons. The van der Waals surface area contributed by atoms with Gasteiger partial charge in [-0.15, -0.1) is 0 Å². The minimum absolute atomic E-state index is 0.290. The monoisotopic (exact) mass is 249 g/mol. The first-order valence-electron chi connectivity index (χ1n) is 6.93. The number of hydrogen-bond donors (Lipinski definition) is 1. The minimum atomic E-state index is 0.290. The fraction of sp³-hybridized carbons (Fsp3) is 0.625. The number of hydrogen-bond acceptors (Lipinski definition) is 2. The van der Waals surface area contributed by atoms with Crippen LogP contribution >= 0.6 is 0 Å². The molecule has 2 unspecified atom stereocenters. The smallest absolute Gasteiger partial charge is 0.0657 e. The quantitative estimate of drug-likeness (QED) is 0.757. The average molecular weight is 249 g/mol. The standard InChI is InChI=1S/C16H27NO/c1-13(2)10-11-14(3)17-16(12-18-4)15-8-6-5-7-9-15/h5-9,13-14,16-17H,10-12H2,1-4H3. The van der Waals surface area contributed by atoms with Gasteiger partial charge in [0.15, 0.2) is 0 Å². The van der Waals surface area contributed by atoms with E-state index in [2.05, 4.69) is 56.4 Å². The van der Waals surface area contributed by atoms with Gasteiger partial charge in [-0.1, -0.05) is 44.2 Å². The molecule has 0 aliphatic rings. The van der Waals surface area contributed by atoms with Crippen LogP contribution in [0.1, 0.15) is 45.2 Å². The highest BCUT2D eigenvalue weighted by Gasteiger charge is 2.14. The van der Waals surface area contributed by atoms with Crippen LogP contribution < -0.4 is 5.32 Å². The van der Waals surface area contributed by atoms with Crippen LogP contribution in [0, 0.1) is 5.92 Å². The zero-order valence-electron chi connectivity index (χ0n) is 12.1. The first-order chi connectivity index (χ1) is 8.63. The number of nitrogens with one attached hydrogen (secondary N) is 1. The summed E-state index contributed by atoms with van der Waals surface area (Å²) in [5, 5.41) is 3.66. The van der Waals surface area contributed by atoms with Crippen LogP contribution in [0.5, 0.6) is 0 Å². The highest BCUT2D eigenvalue weighted by molar-refractivity contribution is 5.19. The number of ether oxygens (including phenoxy) is 1. The van der Waals surface area contributed by atoms with Gasteiger partial charge in [0.25, 0.3) is 0 Å². The van der Waals surface area contributed by atoms with Gasteiger partial charge in [0.1, 0.15) is 0 Å². The SMILES string of the molecule is COCC(NC(C)CCC(C)C)c1ccccc1. The zero-order valence-corrected chi connectivity index (χ0v) is 12.1. The molecular formula is C16H27NO. The molecule has 0 aromatic heterocycles. The van der Waals surface area contributed by atoms with Crippen molar-refractivity contribution in [2.24, 2.45) is 5.92 Å². The maximum atomic E-state index is 5.32. The van der Waals surface area contributed by atoms with Crippen molar-refractivity contribution in [2.45, 2.75) is 45.7 Å². The van der Waals surface area contributed by atoms with E-state index in [1.807, 2.05) is 0 Å². The van der Waals surface area contributed by atoms with Gasteiger partial charge in [0, 0.05) is 13.2 Å². The lowest BCUT2D eigenvalue weighted by atomic mass is 10.0. The van der Waals surface area contributed by atoms with E-state index >= 15 is 0 Å². The van der Waals surface area contributed by atoms with E-state index in [-0.39, 0.29) is 0 Å². The largest absolute Gasteiger partial charge is 0.383 e. The Balaban J connectivity index is 2.52. The van der Waals surface area contributed by atoms with E-state index < -0.39 is 0 Å². The fourth-order valence-electron chi connectivity index (χ4n) is 2.10. The van der Waals surface area contributed by atoms with Crippen LogP contribution in [-0.2, 0) is 4.74 Å². The molecule has 0 aliphatic heterocycles. The second-order valence-corrected chi connectivity index (χ2v) is 5.46. The van der Waals surface area contributed by atoms with E-state index in [0.29, 0.717) is 12.1 Å². The molecule has 2 heteroatoms. The highest BCUT2D eigenvalue weighted by Crippen LogP contribution is 2.15. The summed E-state index contributed by atoms with van der Waals surface area (Å²) >= 11 is 0. The summed E-state index contributed by atoms with van der Waals surface area (Å²) in [6, 6.07) is 11.3. The third-order valence-electron chi connectivity index (χ3n) is 3.20. The first-order valence-corrected chi connectivity index (χ1v) is 6.93. The van der Waals surface area contributed by atoms with E-state index in [1.54, 1.807) is 7.11 Å². The molecule has 102 valence electrons. The van der Waals surface area contributed by atoms with Crippen molar-refractivity contribution in [1.29, 1.82) is 0 Å². The van der Waals surface area contributed by atoms with E-state index in [9.17, 15) is 0 Å². The van der Waals surface area contributed by atoms with E-state index in [4.69, 9.17) is 4.74 Å². The van der Waals surface area contributed by atoms with Crippen molar-refractivity contribution in [2.75, 3.05) is 13.7 Å². The number of benzene rings is 1. The predicted molar refractivity (Wildman–Crippen MR) is 77.7 cm³/mol. The lowest BCUT2D eigenvalue weighted by molar-refractivity contribution is 0.160. The van der Waals surface area contributed by atoms with Gasteiger partial charge in [-0.05, 0) is 31.2 Å². The maximum Gasteiger partial charge on any atom is 0.0657 e. The lowest BCUT2D eigenvalue weighted by Gasteiger charge is -2.23. The van der Waals surface area contributed by atoms with Gasteiger partial charge in [-0.3, -0.25) is 0 Å². The normalized spacial score (nSPS) is 14.7. The summed E-state index contributed by atoms with van der Waals surface area (Å²) in [6.45, 7) is 7.52. The summed E-state index contributed by atoms with van der Waals surface area (Å²) in [7, 11) is 1.76. The van der Waals surface area contributed by atoms with E-state index in [0.717, 1.165) is 12.5 Å². The molecule has 0 heterocycles. The topological polar surface area (TPSA) is 21.3 Å². The molecular weight excluding hydrogens is 222 g/mol. The molecule has 0 fully saturated rings. The third kappa shape index (κ3) is 5.65. The predicted octanol–water partition coefficient (Wildman–Crippen LogP) is 3.79. The molecule has 0 saturated carbocycles. The summed E-state index contributed by atoms with van der Waals surface area (Å²) in [5.74, 6) is 0.770. The lowest BCUT2D eigenvalue weighted by Crippen LogP contribution is -2.33. The number of rotatable bonds is 8. The second-order valence-electron chi connectivity index (χ2n) is 5.46. The van der Waals surface area contributed by atoms with E-state index in [1.165, 1.54) is 18.4 Å². The van der Waals surface area contributed by atoms with Crippen LogP contribution in [-0.4, -0.2) is 19.8 Å². The second kappa shape index (κ2) is 8.28. The fourth-order valence-corrected chi connectivity index (χ4v) is 2.10. The Labute approximate surface area is 112 Å². The van der Waals surface area contributed by atoms with Gasteiger partial charge >= 0.3 is 0 Å². The summed E-state index contributed by atoms with van der Waals surface area (Å²) in [6.07, 6.45) is 2.48. The molecule has 1 rings (SSSR count). The summed E-state index contributed by atoms with van der Waals surface area (Å²) < 4.78 is 5.32. The van der Waals surface area contributed by atoms with Crippen LogP contribution in [0.15, 0.2) is 30.3 Å². The molecule has 0 bridgehead atoms. The Morgan fingerprint density at radius 3 is 2.28 bits per heavy atom. The molecule has 18 heavy (non-hydrogen) atoms. The van der Waals surface area contributed by atoms with Gasteiger partial charge in [0.05, 0.1) is 12.6 Å². The molecule has 0 amide bonds. The molecule has 2 nitrogen and oxygen atoms in total. The van der Waals surface area contributed by atoms with Crippen molar-refractivity contribution >= 4 is 0 Å². The maximum absolute atomic E-state index is 5.32. The van der Waals surface area contributed by atoms with Crippen molar-refractivity contribution in [3.05, 3.63) is 35.9 Å². The number of methoxy groups -OCH3 is 1. The van der Waals surface area contributed by atoms with Crippen LogP contribution in [0.4, 0.5) is 0 Å². The van der Waals surface area contributed by atoms with Gasteiger partial charge < -0.3 is 10.1 Å². The van der Waals surface area contributed by atoms with Crippen LogP contribution in [0.3, 0.4) is 0 Å². The molecule has 1 aromatic carbocycles. The van der Waals surface area contributed by atoms with Gasteiger partial charge in [-0.25, -0.2) is 0 Å². The Morgan fingerprint density at radius 1 is 1.06 bits per heavy atom. The molecule has 2 atom stereocenters. The molecule has 1 N–H and O–H groups in total. The third-order valence-corrected chi connectivity index (χ3v) is 3.20. The Bertz CT molecular complexity index is 310. The van der Waals surface area contributed by atoms with Gasteiger partial charge in [-0.2, -0.15) is 0 Å². The van der Waals surface area contributed by atoms with Gasteiger partial charge in [0.2, 0.25) is 0 Å². The summed E-state index contributed by atoms with van der Waals surface area (Å²) in [4.78, 5) is 0. The first kappa shape index (κ1) is 15.2. The van der Waals surface area contributed by atoms with Crippen molar-refractivity contribution in [3.63, 3.8) is 0 Å². The van der Waals surface area contributed by atoms with Crippen molar-refractivity contribution in [1.82, 2.24) is 5.32 Å². The molecule has 0 aliphatic carbocycles. The van der Waals surface area contributed by atoms with Crippen molar-refractivity contribution < 1.29 is 4.74 Å². The minimum Gasteiger partial charge on any atom is -0.383 e. The van der Waals surface area contributed by atoms with Crippen molar-refractivity contribution in [3.8, 4) is 0 Å². The zero-order chi connectivity index (χ0) is 13.4. The summed E-state index contributed by atoms with van der Waals surface area (Å²) in [5.41, 5.74) is 1.30. The Hall–Kier alpha value is -0.860. The van der Waals surface area contributed by atoms with Crippen LogP contribution in [0.2, 0.25) is 0 Å². The molecule has 1 aromatic rings.